The molecular formula is C17H15ClN4O. The lowest BCUT2D eigenvalue weighted by atomic mass is 10.1. The number of aryl methyl sites for hydroxylation is 1. The van der Waals surface area contributed by atoms with Crippen LogP contribution in [0.15, 0.2) is 47.6 Å². The van der Waals surface area contributed by atoms with Gasteiger partial charge >= 0.3 is 0 Å². The lowest BCUT2D eigenvalue weighted by Gasteiger charge is -2.05. The molecule has 23 heavy (non-hydrogen) atoms. The number of hydrazone groups is 1. The highest BCUT2D eigenvalue weighted by molar-refractivity contribution is 6.32. The van der Waals surface area contributed by atoms with Crippen LogP contribution in [0.5, 0.6) is 5.75 Å². The van der Waals surface area contributed by atoms with Crippen LogP contribution in [-0.2, 0) is 0 Å². The van der Waals surface area contributed by atoms with Gasteiger partial charge in [-0.2, -0.15) is 5.10 Å². The maximum atomic E-state index is 6.12. The molecule has 6 heteroatoms. The molecule has 0 aliphatic carbocycles. The van der Waals surface area contributed by atoms with Crippen molar-refractivity contribution in [3.8, 4) is 5.75 Å². The van der Waals surface area contributed by atoms with Crippen molar-refractivity contribution in [2.45, 2.75) is 6.92 Å². The quantitative estimate of drug-likeness (QED) is 0.580. The fourth-order valence-electron chi connectivity index (χ4n) is 2.13. The Kier molecular flexibility index (Phi) is 4.39. The second-order valence-corrected chi connectivity index (χ2v) is 5.31. The molecule has 0 radical (unpaired) electrons. The Labute approximate surface area is 139 Å². The van der Waals surface area contributed by atoms with Gasteiger partial charge < -0.3 is 4.74 Å². The molecular weight excluding hydrogens is 312 g/mol. The normalized spacial score (nSPS) is 11.1. The van der Waals surface area contributed by atoms with E-state index in [1.165, 1.54) is 0 Å². The average molecular weight is 327 g/mol. The molecule has 2 aromatic carbocycles. The van der Waals surface area contributed by atoms with Crippen molar-refractivity contribution in [3.63, 3.8) is 0 Å². The summed E-state index contributed by atoms with van der Waals surface area (Å²) in [5, 5.41) is 4.45. The first-order valence-electron chi connectivity index (χ1n) is 7.03. The van der Waals surface area contributed by atoms with E-state index in [4.69, 9.17) is 16.3 Å². The number of methoxy groups -OCH3 is 1. The van der Waals surface area contributed by atoms with Crippen LogP contribution in [0.2, 0.25) is 5.15 Å². The molecule has 0 saturated heterocycles. The minimum atomic E-state index is 0.280. The highest BCUT2D eigenvalue weighted by Gasteiger charge is 2.05. The standard InChI is InChI=1S/C17H15ClN4O/c1-11-7-8-12(9-15(11)23-2)10-19-22-17-16(18)20-13-5-3-4-6-14(13)21-17/h3-10H,1-2H3,(H,21,22)/b19-10-. The van der Waals surface area contributed by atoms with Gasteiger partial charge in [0.1, 0.15) is 5.75 Å². The number of rotatable bonds is 4. The van der Waals surface area contributed by atoms with Gasteiger partial charge in [0.2, 0.25) is 0 Å². The smallest absolute Gasteiger partial charge is 0.185 e. The largest absolute Gasteiger partial charge is 0.496 e. The number of ether oxygens (including phenoxy) is 1. The summed E-state index contributed by atoms with van der Waals surface area (Å²) >= 11 is 6.12. The van der Waals surface area contributed by atoms with E-state index in [0.29, 0.717) is 5.82 Å². The monoisotopic (exact) mass is 326 g/mol. The van der Waals surface area contributed by atoms with Gasteiger partial charge in [-0.05, 0) is 36.2 Å². The zero-order valence-electron chi connectivity index (χ0n) is 12.7. The van der Waals surface area contributed by atoms with Gasteiger partial charge in [-0.15, -0.1) is 0 Å². The fourth-order valence-corrected chi connectivity index (χ4v) is 2.31. The molecule has 0 spiro atoms. The Balaban J connectivity index is 1.81. The van der Waals surface area contributed by atoms with Crippen LogP contribution in [0.25, 0.3) is 11.0 Å². The first-order chi connectivity index (χ1) is 11.2. The number of anilines is 1. The highest BCUT2D eigenvalue weighted by atomic mass is 35.5. The predicted molar refractivity (Wildman–Crippen MR) is 93.5 cm³/mol. The molecule has 1 aromatic heterocycles. The Morgan fingerprint density at radius 1 is 1.13 bits per heavy atom. The fraction of sp³-hybridized carbons (Fsp3) is 0.118. The first kappa shape index (κ1) is 15.2. The number of fused-ring (bicyclic) bond motifs is 1. The first-order valence-corrected chi connectivity index (χ1v) is 7.41. The number of para-hydroxylation sites is 2. The Morgan fingerprint density at radius 3 is 2.61 bits per heavy atom. The lowest BCUT2D eigenvalue weighted by Crippen LogP contribution is -1.97. The number of aromatic nitrogens is 2. The van der Waals surface area contributed by atoms with Gasteiger partial charge in [0.15, 0.2) is 11.0 Å². The number of halogens is 1. The van der Waals surface area contributed by atoms with Gasteiger partial charge in [0.25, 0.3) is 0 Å². The van der Waals surface area contributed by atoms with Crippen molar-refractivity contribution < 1.29 is 4.74 Å². The number of hydrogen-bond acceptors (Lipinski definition) is 5. The molecule has 0 fully saturated rings. The third-order valence-electron chi connectivity index (χ3n) is 3.34. The molecule has 5 nitrogen and oxygen atoms in total. The van der Waals surface area contributed by atoms with Crippen molar-refractivity contribution in [2.24, 2.45) is 5.10 Å². The summed E-state index contributed by atoms with van der Waals surface area (Å²) in [7, 11) is 1.64. The molecule has 1 N–H and O–H groups in total. The van der Waals surface area contributed by atoms with Crippen molar-refractivity contribution >= 4 is 34.7 Å². The minimum absolute atomic E-state index is 0.280. The molecule has 0 amide bonds. The molecule has 0 aliphatic rings. The van der Waals surface area contributed by atoms with E-state index in [0.717, 1.165) is 27.9 Å². The summed E-state index contributed by atoms with van der Waals surface area (Å²) in [5.74, 6) is 1.23. The van der Waals surface area contributed by atoms with Gasteiger partial charge in [-0.25, -0.2) is 9.97 Å². The molecule has 116 valence electrons. The van der Waals surface area contributed by atoms with Gasteiger partial charge in [-0.3, -0.25) is 5.43 Å². The van der Waals surface area contributed by atoms with Gasteiger partial charge in [0, 0.05) is 0 Å². The topological polar surface area (TPSA) is 59.4 Å². The second kappa shape index (κ2) is 6.62. The van der Waals surface area contributed by atoms with Crippen molar-refractivity contribution in [2.75, 3.05) is 12.5 Å². The maximum Gasteiger partial charge on any atom is 0.185 e. The molecule has 0 bridgehead atoms. The number of nitrogens with zero attached hydrogens (tertiary/aromatic N) is 3. The van der Waals surface area contributed by atoms with Crippen molar-refractivity contribution in [1.29, 1.82) is 0 Å². The summed E-state index contributed by atoms with van der Waals surface area (Å²) in [5.41, 5.74) is 6.31. The van der Waals surface area contributed by atoms with Crippen LogP contribution < -0.4 is 10.2 Å². The van der Waals surface area contributed by atoms with Gasteiger partial charge in [-0.1, -0.05) is 35.9 Å². The second-order valence-electron chi connectivity index (χ2n) is 4.95. The summed E-state index contributed by atoms with van der Waals surface area (Å²) in [6.45, 7) is 1.99. The van der Waals surface area contributed by atoms with Crippen molar-refractivity contribution in [1.82, 2.24) is 9.97 Å². The van der Waals surface area contributed by atoms with E-state index in [1.54, 1.807) is 13.3 Å². The van der Waals surface area contributed by atoms with Crippen LogP contribution in [-0.4, -0.2) is 23.3 Å². The van der Waals surface area contributed by atoms with E-state index < -0.39 is 0 Å². The van der Waals surface area contributed by atoms with Crippen LogP contribution in [0.4, 0.5) is 5.82 Å². The lowest BCUT2D eigenvalue weighted by molar-refractivity contribution is 0.411. The third kappa shape index (κ3) is 3.40. The summed E-state index contributed by atoms with van der Waals surface area (Å²) in [6.07, 6.45) is 1.68. The van der Waals surface area contributed by atoms with Gasteiger partial charge in [0.05, 0.1) is 24.4 Å². The van der Waals surface area contributed by atoms with E-state index in [-0.39, 0.29) is 5.15 Å². The van der Waals surface area contributed by atoms with E-state index >= 15 is 0 Å². The average Bonchev–Trinajstić information content (AvgIpc) is 2.56. The zero-order chi connectivity index (χ0) is 16.2. The summed E-state index contributed by atoms with van der Waals surface area (Å²) in [6, 6.07) is 13.4. The van der Waals surface area contributed by atoms with E-state index in [2.05, 4.69) is 20.5 Å². The predicted octanol–water partition coefficient (Wildman–Crippen LogP) is 4.05. The summed E-state index contributed by atoms with van der Waals surface area (Å²) in [4.78, 5) is 8.70. The van der Waals surface area contributed by atoms with E-state index in [1.807, 2.05) is 49.4 Å². The van der Waals surface area contributed by atoms with Crippen LogP contribution >= 0.6 is 11.6 Å². The molecule has 0 saturated carbocycles. The molecule has 0 atom stereocenters. The highest BCUT2D eigenvalue weighted by Crippen LogP contribution is 2.21. The Bertz CT molecular complexity index is 880. The Morgan fingerprint density at radius 2 is 1.87 bits per heavy atom. The van der Waals surface area contributed by atoms with Crippen LogP contribution in [0.3, 0.4) is 0 Å². The zero-order valence-corrected chi connectivity index (χ0v) is 13.5. The van der Waals surface area contributed by atoms with Crippen molar-refractivity contribution in [3.05, 3.63) is 58.7 Å². The summed E-state index contributed by atoms with van der Waals surface area (Å²) < 4.78 is 5.29. The SMILES string of the molecule is COc1cc(/C=N\Nc2nc3ccccc3nc2Cl)ccc1C. The molecule has 0 aliphatic heterocycles. The molecule has 3 aromatic rings. The molecule has 3 rings (SSSR count). The maximum absolute atomic E-state index is 6.12. The van der Waals surface area contributed by atoms with E-state index in [9.17, 15) is 0 Å². The Hall–Kier alpha value is -2.66. The number of hydrogen-bond donors (Lipinski definition) is 1. The molecule has 1 heterocycles. The number of nitrogens with one attached hydrogen (secondary N) is 1. The molecule has 0 unspecified atom stereocenters. The minimum Gasteiger partial charge on any atom is -0.496 e. The van der Waals surface area contributed by atoms with Crippen LogP contribution in [0, 0.1) is 6.92 Å². The van der Waals surface area contributed by atoms with Crippen LogP contribution in [0.1, 0.15) is 11.1 Å². The number of benzene rings is 2. The third-order valence-corrected chi connectivity index (χ3v) is 3.61.